The third kappa shape index (κ3) is 3.27. The predicted molar refractivity (Wildman–Crippen MR) is 91.0 cm³/mol. The molecule has 0 saturated heterocycles. The van der Waals surface area contributed by atoms with Crippen LogP contribution in [0.4, 0.5) is 0 Å². The van der Waals surface area contributed by atoms with Crippen molar-refractivity contribution < 1.29 is 19.4 Å². The summed E-state index contributed by atoms with van der Waals surface area (Å²) in [5.74, 6) is -1.89. The molecule has 0 aromatic heterocycles. The second-order valence-corrected chi connectivity index (χ2v) is 5.40. The Bertz CT molecular complexity index is 804. The largest absolute Gasteiger partial charge is 0.501 e. The summed E-state index contributed by atoms with van der Waals surface area (Å²) in [6.07, 6.45) is 2.98. The van der Waals surface area contributed by atoms with E-state index in [9.17, 15) is 14.7 Å². The smallest absolute Gasteiger partial charge is 0.374 e. The Balaban J connectivity index is 1.81. The number of aliphatic hydroxyl groups excluding tert-OH is 1. The highest BCUT2D eigenvalue weighted by atomic mass is 16.6. The van der Waals surface area contributed by atoms with Crippen LogP contribution < -0.4 is 0 Å². The van der Waals surface area contributed by atoms with Crippen LogP contribution in [0.15, 0.2) is 72.5 Å². The van der Waals surface area contributed by atoms with Crippen molar-refractivity contribution in [1.82, 2.24) is 0 Å². The fraction of sp³-hybridized carbons (Fsp3) is 0.100. The number of carbonyl (C=O) groups is 2. The van der Waals surface area contributed by atoms with Crippen LogP contribution >= 0.6 is 0 Å². The van der Waals surface area contributed by atoms with Crippen LogP contribution in [-0.2, 0) is 14.3 Å². The summed E-state index contributed by atoms with van der Waals surface area (Å²) in [4.78, 5) is 24.5. The van der Waals surface area contributed by atoms with Crippen molar-refractivity contribution in [1.29, 1.82) is 0 Å². The molecular weight excluding hydrogens is 304 g/mol. The molecule has 0 radical (unpaired) electrons. The van der Waals surface area contributed by atoms with Crippen LogP contribution in [0.5, 0.6) is 0 Å². The number of ketones is 1. The third-order valence-electron chi connectivity index (χ3n) is 3.74. The number of esters is 1. The zero-order chi connectivity index (χ0) is 16.9. The van der Waals surface area contributed by atoms with Crippen molar-refractivity contribution in [3.05, 3.63) is 83.6 Å². The lowest BCUT2D eigenvalue weighted by Crippen LogP contribution is -2.34. The first-order valence-corrected chi connectivity index (χ1v) is 7.62. The number of cyclic esters (lactones) is 1. The number of Topliss-reactive ketones (excluding diaryl/α,β-unsaturated/α-hetero) is 1. The molecule has 1 heterocycles. The lowest BCUT2D eigenvalue weighted by atomic mass is 9.93. The Morgan fingerprint density at radius 1 is 0.958 bits per heavy atom. The molecule has 4 nitrogen and oxygen atoms in total. The quantitative estimate of drug-likeness (QED) is 0.875. The van der Waals surface area contributed by atoms with Gasteiger partial charge in [-0.15, -0.1) is 0 Å². The van der Waals surface area contributed by atoms with E-state index >= 15 is 0 Å². The van der Waals surface area contributed by atoms with E-state index < -0.39 is 23.6 Å². The molecule has 2 aromatic carbocycles. The van der Waals surface area contributed by atoms with Gasteiger partial charge in [0, 0.05) is 6.42 Å². The SMILES string of the molecule is O=C1OC(C/C=C/c2ccccc2)C(=O)C(c2ccccc2)=C1O. The maximum absolute atomic E-state index is 12.6. The van der Waals surface area contributed by atoms with Crippen LogP contribution in [0.2, 0.25) is 0 Å². The van der Waals surface area contributed by atoms with Crippen molar-refractivity contribution in [2.24, 2.45) is 0 Å². The van der Waals surface area contributed by atoms with Crippen LogP contribution in [0.1, 0.15) is 17.5 Å². The Morgan fingerprint density at radius 2 is 1.58 bits per heavy atom. The van der Waals surface area contributed by atoms with E-state index in [0.717, 1.165) is 5.56 Å². The molecule has 24 heavy (non-hydrogen) atoms. The molecule has 2 aromatic rings. The minimum atomic E-state index is -0.927. The molecule has 0 bridgehead atoms. The molecular formula is C20H16O4. The molecule has 1 aliphatic heterocycles. The maximum Gasteiger partial charge on any atom is 0.374 e. The third-order valence-corrected chi connectivity index (χ3v) is 3.74. The first-order valence-electron chi connectivity index (χ1n) is 7.62. The zero-order valence-corrected chi connectivity index (χ0v) is 12.9. The minimum absolute atomic E-state index is 0.0185. The fourth-order valence-electron chi connectivity index (χ4n) is 2.55. The fourth-order valence-corrected chi connectivity index (χ4v) is 2.55. The van der Waals surface area contributed by atoms with Gasteiger partial charge in [-0.05, 0) is 11.1 Å². The topological polar surface area (TPSA) is 63.6 Å². The van der Waals surface area contributed by atoms with Crippen molar-refractivity contribution in [3.63, 3.8) is 0 Å². The average Bonchev–Trinajstić information content (AvgIpc) is 2.61. The number of rotatable bonds is 4. The van der Waals surface area contributed by atoms with Gasteiger partial charge in [-0.1, -0.05) is 72.8 Å². The molecule has 1 N–H and O–H groups in total. The number of ether oxygens (including phenoxy) is 1. The van der Waals surface area contributed by atoms with E-state index in [1.165, 1.54) is 0 Å². The molecule has 0 fully saturated rings. The van der Waals surface area contributed by atoms with Crippen molar-refractivity contribution in [2.45, 2.75) is 12.5 Å². The standard InChI is InChI=1S/C20H16O4/c21-18-16(13-7-10-14-8-3-1-4-9-14)24-20(23)19(22)17(18)15-11-5-2-6-12-15/h1-12,16,22H,13H2/b10-7+. The second-order valence-electron chi connectivity index (χ2n) is 5.40. The van der Waals surface area contributed by atoms with Gasteiger partial charge >= 0.3 is 5.97 Å². The molecule has 3 rings (SSSR count). The van der Waals surface area contributed by atoms with E-state index in [4.69, 9.17) is 4.74 Å². The summed E-state index contributed by atoms with van der Waals surface area (Å²) >= 11 is 0. The van der Waals surface area contributed by atoms with E-state index in [1.54, 1.807) is 36.4 Å². The van der Waals surface area contributed by atoms with Crippen LogP contribution in [0.3, 0.4) is 0 Å². The van der Waals surface area contributed by atoms with Gasteiger partial charge in [0.1, 0.15) is 0 Å². The highest BCUT2D eigenvalue weighted by Crippen LogP contribution is 2.27. The minimum Gasteiger partial charge on any atom is -0.501 e. The summed E-state index contributed by atoms with van der Waals surface area (Å²) in [5, 5.41) is 9.95. The molecule has 0 amide bonds. The number of hydrogen-bond donors (Lipinski definition) is 1. The van der Waals surface area contributed by atoms with Crippen molar-refractivity contribution in [2.75, 3.05) is 0 Å². The van der Waals surface area contributed by atoms with E-state index in [0.29, 0.717) is 5.56 Å². The summed E-state index contributed by atoms with van der Waals surface area (Å²) in [5.41, 5.74) is 1.52. The zero-order valence-electron chi connectivity index (χ0n) is 12.9. The lowest BCUT2D eigenvalue weighted by Gasteiger charge is -2.22. The van der Waals surface area contributed by atoms with Gasteiger partial charge in [-0.3, -0.25) is 4.79 Å². The monoisotopic (exact) mass is 320 g/mol. The number of aliphatic hydroxyl groups is 1. The van der Waals surface area contributed by atoms with Gasteiger partial charge in [-0.25, -0.2) is 4.79 Å². The lowest BCUT2D eigenvalue weighted by molar-refractivity contribution is -0.153. The van der Waals surface area contributed by atoms with Crippen LogP contribution in [-0.4, -0.2) is 23.0 Å². The Morgan fingerprint density at radius 3 is 2.25 bits per heavy atom. The van der Waals surface area contributed by atoms with E-state index in [-0.39, 0.29) is 12.0 Å². The molecule has 0 aliphatic carbocycles. The Labute approximate surface area is 139 Å². The van der Waals surface area contributed by atoms with Crippen LogP contribution in [0.25, 0.3) is 11.6 Å². The number of benzene rings is 2. The molecule has 0 saturated carbocycles. The molecule has 120 valence electrons. The summed E-state index contributed by atoms with van der Waals surface area (Å²) in [7, 11) is 0. The first kappa shape index (κ1) is 15.7. The second kappa shape index (κ2) is 6.96. The average molecular weight is 320 g/mol. The number of carbonyl (C=O) groups excluding carboxylic acids is 2. The van der Waals surface area contributed by atoms with Crippen molar-refractivity contribution in [3.8, 4) is 0 Å². The normalized spacial score (nSPS) is 18.1. The first-order chi connectivity index (χ1) is 11.7. The van der Waals surface area contributed by atoms with Gasteiger partial charge in [0.05, 0.1) is 5.57 Å². The molecule has 0 spiro atoms. The van der Waals surface area contributed by atoms with E-state index in [1.807, 2.05) is 36.4 Å². The summed E-state index contributed by atoms with van der Waals surface area (Å²) < 4.78 is 5.05. The number of hydrogen-bond acceptors (Lipinski definition) is 4. The molecule has 1 atom stereocenters. The highest BCUT2D eigenvalue weighted by molar-refractivity contribution is 6.29. The Hall–Kier alpha value is -3.14. The molecule has 1 unspecified atom stereocenters. The predicted octanol–water partition coefficient (Wildman–Crippen LogP) is 3.55. The van der Waals surface area contributed by atoms with Gasteiger partial charge in [0.2, 0.25) is 11.5 Å². The van der Waals surface area contributed by atoms with Gasteiger partial charge in [0.15, 0.2) is 6.10 Å². The van der Waals surface area contributed by atoms with Gasteiger partial charge < -0.3 is 9.84 Å². The summed E-state index contributed by atoms with van der Waals surface area (Å²) in [6, 6.07) is 18.3. The molecule has 4 heteroatoms. The Kier molecular flexibility index (Phi) is 4.57. The van der Waals surface area contributed by atoms with Crippen LogP contribution in [0, 0.1) is 0 Å². The summed E-state index contributed by atoms with van der Waals surface area (Å²) in [6.45, 7) is 0. The highest BCUT2D eigenvalue weighted by Gasteiger charge is 2.36. The van der Waals surface area contributed by atoms with E-state index in [2.05, 4.69) is 0 Å². The molecule has 1 aliphatic rings. The van der Waals surface area contributed by atoms with Crippen molar-refractivity contribution >= 4 is 23.4 Å². The van der Waals surface area contributed by atoms with Gasteiger partial charge in [-0.2, -0.15) is 0 Å². The van der Waals surface area contributed by atoms with Gasteiger partial charge in [0.25, 0.3) is 0 Å². The maximum atomic E-state index is 12.6.